The lowest BCUT2D eigenvalue weighted by Crippen LogP contribution is -2.39. The highest BCUT2D eigenvalue weighted by Gasteiger charge is 2.12. The minimum Gasteiger partial charge on any atom is -0.379 e. The molecule has 0 radical (unpaired) electrons. The van der Waals surface area contributed by atoms with Gasteiger partial charge in [0.05, 0.1) is 11.6 Å². The third-order valence-electron chi connectivity index (χ3n) is 2.32. The van der Waals surface area contributed by atoms with Gasteiger partial charge in [-0.25, -0.2) is 8.42 Å². The van der Waals surface area contributed by atoms with E-state index in [1.54, 1.807) is 31.2 Å². The van der Waals surface area contributed by atoms with Crippen molar-refractivity contribution in [3.8, 4) is 0 Å². The third kappa shape index (κ3) is 4.43. The lowest BCUT2D eigenvalue weighted by atomic mass is 10.2. The van der Waals surface area contributed by atoms with Crippen molar-refractivity contribution in [3.63, 3.8) is 0 Å². The smallest absolute Gasteiger partial charge is 0.241 e. The van der Waals surface area contributed by atoms with E-state index in [-0.39, 0.29) is 11.6 Å². The Bertz CT molecular complexity index is 442. The Kier molecular flexibility index (Phi) is 5.07. The van der Waals surface area contributed by atoms with Crippen LogP contribution >= 0.6 is 0 Å². The van der Waals surface area contributed by atoms with E-state index in [0.29, 0.717) is 6.42 Å². The standard InChI is InChI=1S/C11H18N2O3S/c1-3-11(14)12-8-13-17(15,16)10-6-4-9(2)5-7-10/h4-7,11-14H,3,8H2,1-2H3. The number of nitrogens with one attached hydrogen (secondary N) is 2. The fourth-order valence-electron chi connectivity index (χ4n) is 1.20. The summed E-state index contributed by atoms with van der Waals surface area (Å²) in [7, 11) is -3.50. The van der Waals surface area contributed by atoms with Crippen molar-refractivity contribution >= 4 is 10.0 Å². The molecule has 17 heavy (non-hydrogen) atoms. The highest BCUT2D eigenvalue weighted by atomic mass is 32.2. The molecule has 0 saturated carbocycles. The molecule has 0 aliphatic rings. The number of benzene rings is 1. The summed E-state index contributed by atoms with van der Waals surface area (Å²) in [6.07, 6.45) is -0.178. The van der Waals surface area contributed by atoms with Gasteiger partial charge in [0.2, 0.25) is 10.0 Å². The van der Waals surface area contributed by atoms with Crippen LogP contribution in [-0.2, 0) is 10.0 Å². The molecule has 0 aromatic heterocycles. The van der Waals surface area contributed by atoms with Gasteiger partial charge in [-0.05, 0) is 25.5 Å². The van der Waals surface area contributed by atoms with Crippen LogP contribution in [0.4, 0.5) is 0 Å². The van der Waals surface area contributed by atoms with Crippen LogP contribution in [-0.4, -0.2) is 26.4 Å². The predicted octanol–water partition coefficient (Wildman–Crippen LogP) is 0.549. The third-order valence-corrected chi connectivity index (χ3v) is 3.74. The number of rotatable bonds is 6. The Labute approximate surface area is 102 Å². The second-order valence-electron chi connectivity index (χ2n) is 3.77. The minimum atomic E-state index is -3.50. The molecule has 6 heteroatoms. The van der Waals surface area contributed by atoms with Gasteiger partial charge >= 0.3 is 0 Å². The average Bonchev–Trinajstić information content (AvgIpc) is 2.29. The lowest BCUT2D eigenvalue weighted by molar-refractivity contribution is 0.133. The first-order valence-corrected chi connectivity index (χ1v) is 6.92. The van der Waals surface area contributed by atoms with E-state index in [4.69, 9.17) is 0 Å². The molecular weight excluding hydrogens is 240 g/mol. The zero-order valence-corrected chi connectivity index (χ0v) is 10.8. The summed E-state index contributed by atoms with van der Waals surface area (Å²) in [4.78, 5) is 0.218. The van der Waals surface area contributed by atoms with E-state index in [1.165, 1.54) is 0 Å². The molecular formula is C11H18N2O3S. The maximum absolute atomic E-state index is 11.8. The molecule has 0 spiro atoms. The number of aliphatic hydroxyl groups excluding tert-OH is 1. The summed E-state index contributed by atoms with van der Waals surface area (Å²) >= 11 is 0. The molecule has 3 N–H and O–H groups in total. The van der Waals surface area contributed by atoms with Crippen LogP contribution in [0.5, 0.6) is 0 Å². The van der Waals surface area contributed by atoms with Gasteiger partial charge in [-0.1, -0.05) is 24.6 Å². The van der Waals surface area contributed by atoms with Crippen LogP contribution in [0.3, 0.4) is 0 Å². The Morgan fingerprint density at radius 1 is 1.29 bits per heavy atom. The highest BCUT2D eigenvalue weighted by Crippen LogP contribution is 2.09. The summed E-state index contributed by atoms with van der Waals surface area (Å²) in [5, 5.41) is 11.9. The summed E-state index contributed by atoms with van der Waals surface area (Å²) in [5.41, 5.74) is 1.00. The minimum absolute atomic E-state index is 0.00518. The Morgan fingerprint density at radius 2 is 1.88 bits per heavy atom. The molecule has 5 nitrogen and oxygen atoms in total. The zero-order valence-electron chi connectivity index (χ0n) is 9.97. The molecule has 1 unspecified atom stereocenters. The van der Waals surface area contributed by atoms with Gasteiger partial charge < -0.3 is 5.11 Å². The van der Waals surface area contributed by atoms with Crippen molar-refractivity contribution in [2.24, 2.45) is 0 Å². The molecule has 96 valence electrons. The van der Waals surface area contributed by atoms with Crippen LogP contribution in [0.1, 0.15) is 18.9 Å². The van der Waals surface area contributed by atoms with Crippen LogP contribution in [0, 0.1) is 6.92 Å². The van der Waals surface area contributed by atoms with Crippen molar-refractivity contribution < 1.29 is 13.5 Å². The van der Waals surface area contributed by atoms with Crippen molar-refractivity contribution in [1.29, 1.82) is 0 Å². The Morgan fingerprint density at radius 3 is 2.41 bits per heavy atom. The largest absolute Gasteiger partial charge is 0.379 e. The molecule has 0 aliphatic heterocycles. The number of aryl methyl sites for hydroxylation is 1. The number of aliphatic hydroxyl groups is 1. The first-order valence-electron chi connectivity index (χ1n) is 5.43. The highest BCUT2D eigenvalue weighted by molar-refractivity contribution is 7.89. The fraction of sp³-hybridized carbons (Fsp3) is 0.455. The topological polar surface area (TPSA) is 78.4 Å². The number of hydrogen-bond acceptors (Lipinski definition) is 4. The van der Waals surface area contributed by atoms with E-state index in [1.807, 2.05) is 6.92 Å². The van der Waals surface area contributed by atoms with E-state index in [2.05, 4.69) is 10.0 Å². The first-order chi connectivity index (χ1) is 7.95. The summed E-state index contributed by atoms with van der Waals surface area (Å²) in [5.74, 6) is 0. The van der Waals surface area contributed by atoms with Crippen molar-refractivity contribution in [2.45, 2.75) is 31.4 Å². The van der Waals surface area contributed by atoms with Crippen LogP contribution in [0.25, 0.3) is 0 Å². The maximum Gasteiger partial charge on any atom is 0.241 e. The normalized spacial score (nSPS) is 13.6. The first kappa shape index (κ1) is 14.1. The zero-order chi connectivity index (χ0) is 12.9. The molecule has 0 amide bonds. The van der Waals surface area contributed by atoms with Gasteiger partial charge in [-0.15, -0.1) is 0 Å². The van der Waals surface area contributed by atoms with Crippen LogP contribution < -0.4 is 10.0 Å². The van der Waals surface area contributed by atoms with Gasteiger partial charge in [0, 0.05) is 0 Å². The van der Waals surface area contributed by atoms with E-state index < -0.39 is 16.3 Å². The van der Waals surface area contributed by atoms with Gasteiger partial charge in [0.25, 0.3) is 0 Å². The molecule has 0 fully saturated rings. The maximum atomic E-state index is 11.8. The van der Waals surface area contributed by atoms with Crippen LogP contribution in [0.15, 0.2) is 29.2 Å². The molecule has 0 saturated heterocycles. The molecule has 0 bridgehead atoms. The molecule has 1 aromatic carbocycles. The second kappa shape index (κ2) is 6.11. The fourth-order valence-corrected chi connectivity index (χ4v) is 2.13. The second-order valence-corrected chi connectivity index (χ2v) is 5.53. The Hall–Kier alpha value is -0.950. The lowest BCUT2D eigenvalue weighted by Gasteiger charge is -2.11. The van der Waals surface area contributed by atoms with Gasteiger partial charge in [-0.3, -0.25) is 5.32 Å². The SMILES string of the molecule is CCC(O)NCNS(=O)(=O)c1ccc(C)cc1. The summed E-state index contributed by atoms with van der Waals surface area (Å²) in [6, 6.07) is 6.58. The van der Waals surface area contributed by atoms with Crippen molar-refractivity contribution in [2.75, 3.05) is 6.67 Å². The number of hydrogen-bond donors (Lipinski definition) is 3. The summed E-state index contributed by atoms with van der Waals surface area (Å²) in [6.45, 7) is 3.69. The summed E-state index contributed by atoms with van der Waals surface area (Å²) < 4.78 is 25.9. The molecule has 1 rings (SSSR count). The average molecular weight is 258 g/mol. The van der Waals surface area contributed by atoms with Crippen molar-refractivity contribution in [1.82, 2.24) is 10.0 Å². The predicted molar refractivity (Wildman–Crippen MR) is 65.8 cm³/mol. The monoisotopic (exact) mass is 258 g/mol. The molecule has 0 aliphatic carbocycles. The van der Waals surface area contributed by atoms with Crippen LogP contribution in [0.2, 0.25) is 0 Å². The van der Waals surface area contributed by atoms with E-state index >= 15 is 0 Å². The molecule has 1 aromatic rings. The number of sulfonamides is 1. The molecule has 0 heterocycles. The van der Waals surface area contributed by atoms with E-state index in [0.717, 1.165) is 5.56 Å². The quantitative estimate of drug-likeness (QED) is 0.651. The van der Waals surface area contributed by atoms with Gasteiger partial charge in [0.1, 0.15) is 6.23 Å². The van der Waals surface area contributed by atoms with Gasteiger partial charge in [-0.2, -0.15) is 4.72 Å². The molecule has 1 atom stereocenters. The van der Waals surface area contributed by atoms with E-state index in [9.17, 15) is 13.5 Å². The van der Waals surface area contributed by atoms with Gasteiger partial charge in [0.15, 0.2) is 0 Å². The Balaban J connectivity index is 2.60. The van der Waals surface area contributed by atoms with Crippen molar-refractivity contribution in [3.05, 3.63) is 29.8 Å².